The van der Waals surface area contributed by atoms with Crippen LogP contribution in [0.5, 0.6) is 0 Å². The number of aryl methyl sites for hydroxylation is 2. The third-order valence-electron chi connectivity index (χ3n) is 3.14. The number of aromatic nitrogens is 1. The summed E-state index contributed by atoms with van der Waals surface area (Å²) in [6.07, 6.45) is 1.75. The zero-order valence-corrected chi connectivity index (χ0v) is 12.8. The van der Waals surface area contributed by atoms with Crippen molar-refractivity contribution in [3.05, 3.63) is 57.3 Å². The Morgan fingerprint density at radius 1 is 1.32 bits per heavy atom. The molecule has 0 aliphatic carbocycles. The number of hydrogen-bond acceptors (Lipinski definition) is 1. The van der Waals surface area contributed by atoms with Crippen molar-refractivity contribution in [1.29, 1.82) is 0 Å². The molecule has 0 aliphatic rings. The van der Waals surface area contributed by atoms with Gasteiger partial charge in [0, 0.05) is 10.7 Å². The molecule has 2 N–H and O–H groups in total. The zero-order valence-electron chi connectivity index (χ0n) is 11.3. The van der Waals surface area contributed by atoms with Gasteiger partial charge in [0.05, 0.1) is 6.04 Å². The summed E-state index contributed by atoms with van der Waals surface area (Å²) in [6, 6.07) is 8.03. The van der Waals surface area contributed by atoms with Crippen molar-refractivity contribution in [2.45, 2.75) is 26.8 Å². The van der Waals surface area contributed by atoms with Crippen LogP contribution in [-0.4, -0.2) is 10.9 Å². The van der Waals surface area contributed by atoms with Gasteiger partial charge in [-0.05, 0) is 53.9 Å². The molecule has 19 heavy (non-hydrogen) atoms. The highest BCUT2D eigenvalue weighted by atomic mass is 79.9. The van der Waals surface area contributed by atoms with Crippen LogP contribution in [0.4, 0.5) is 0 Å². The number of hydrogen-bond donors (Lipinski definition) is 2. The van der Waals surface area contributed by atoms with Crippen LogP contribution in [0.15, 0.2) is 34.9 Å². The molecule has 0 spiro atoms. The Balaban J connectivity index is 2.14. The summed E-state index contributed by atoms with van der Waals surface area (Å²) in [4.78, 5) is 15.0. The number of carbonyl (C=O) groups is 1. The molecule has 2 aromatic rings. The van der Waals surface area contributed by atoms with E-state index in [9.17, 15) is 4.79 Å². The second-order valence-corrected chi connectivity index (χ2v) is 5.70. The van der Waals surface area contributed by atoms with E-state index in [1.54, 1.807) is 12.3 Å². The predicted molar refractivity (Wildman–Crippen MR) is 80.3 cm³/mol. The molecular formula is C15H17BrN2O. The lowest BCUT2D eigenvalue weighted by atomic mass is 10.00. The fourth-order valence-electron chi connectivity index (χ4n) is 2.08. The molecular weight excluding hydrogens is 304 g/mol. The summed E-state index contributed by atoms with van der Waals surface area (Å²) in [5.74, 6) is -0.0980. The summed E-state index contributed by atoms with van der Waals surface area (Å²) in [5.41, 5.74) is 4.10. The first-order valence-electron chi connectivity index (χ1n) is 6.19. The van der Waals surface area contributed by atoms with Crippen molar-refractivity contribution in [2.75, 3.05) is 0 Å². The Morgan fingerprint density at radius 2 is 2.05 bits per heavy atom. The summed E-state index contributed by atoms with van der Waals surface area (Å²) in [6.45, 7) is 6.11. The van der Waals surface area contributed by atoms with Gasteiger partial charge in [-0.3, -0.25) is 4.79 Å². The van der Waals surface area contributed by atoms with Crippen molar-refractivity contribution >= 4 is 21.8 Å². The highest BCUT2D eigenvalue weighted by molar-refractivity contribution is 9.10. The first-order valence-corrected chi connectivity index (χ1v) is 6.98. The fourth-order valence-corrected chi connectivity index (χ4v) is 2.42. The maximum atomic E-state index is 12.1. The standard InChI is InChI=1S/C15H17BrN2O/c1-9-4-5-10(2)13(6-9)11(3)18-15(19)14-7-12(16)8-17-14/h4-8,11,17H,1-3H3,(H,18,19). The van der Waals surface area contributed by atoms with Gasteiger partial charge in [0.15, 0.2) is 0 Å². The maximum absolute atomic E-state index is 12.1. The lowest BCUT2D eigenvalue weighted by Crippen LogP contribution is -2.27. The van der Waals surface area contributed by atoms with Gasteiger partial charge in [-0.25, -0.2) is 0 Å². The van der Waals surface area contributed by atoms with E-state index in [1.165, 1.54) is 11.1 Å². The Bertz CT molecular complexity index is 604. The van der Waals surface area contributed by atoms with E-state index in [0.717, 1.165) is 10.0 Å². The minimum absolute atomic E-state index is 0.0190. The van der Waals surface area contributed by atoms with Crippen LogP contribution in [0.2, 0.25) is 0 Å². The van der Waals surface area contributed by atoms with Crippen LogP contribution in [0.3, 0.4) is 0 Å². The number of benzene rings is 1. The van der Waals surface area contributed by atoms with E-state index < -0.39 is 0 Å². The maximum Gasteiger partial charge on any atom is 0.268 e. The molecule has 0 saturated heterocycles. The molecule has 1 unspecified atom stereocenters. The quantitative estimate of drug-likeness (QED) is 0.885. The Hall–Kier alpha value is -1.55. The Kier molecular flexibility index (Phi) is 4.10. The van der Waals surface area contributed by atoms with Crippen molar-refractivity contribution < 1.29 is 4.79 Å². The molecule has 100 valence electrons. The van der Waals surface area contributed by atoms with E-state index in [0.29, 0.717) is 5.69 Å². The van der Waals surface area contributed by atoms with Crippen LogP contribution in [-0.2, 0) is 0 Å². The van der Waals surface area contributed by atoms with E-state index in [2.05, 4.69) is 58.3 Å². The molecule has 1 heterocycles. The molecule has 0 radical (unpaired) electrons. The van der Waals surface area contributed by atoms with E-state index >= 15 is 0 Å². The zero-order chi connectivity index (χ0) is 14.0. The normalized spacial score (nSPS) is 12.2. The summed E-state index contributed by atoms with van der Waals surface area (Å²) < 4.78 is 0.872. The van der Waals surface area contributed by atoms with Gasteiger partial charge in [0.1, 0.15) is 5.69 Å². The number of H-pyrrole nitrogens is 1. The molecule has 4 heteroatoms. The van der Waals surface area contributed by atoms with Crippen LogP contribution < -0.4 is 5.32 Å². The van der Waals surface area contributed by atoms with Crippen molar-refractivity contribution in [1.82, 2.24) is 10.3 Å². The average Bonchev–Trinajstić information content (AvgIpc) is 2.79. The molecule has 1 amide bonds. The van der Waals surface area contributed by atoms with Gasteiger partial charge in [-0.2, -0.15) is 0 Å². The molecule has 3 nitrogen and oxygen atoms in total. The lowest BCUT2D eigenvalue weighted by molar-refractivity contribution is 0.0935. The minimum Gasteiger partial charge on any atom is -0.356 e. The second-order valence-electron chi connectivity index (χ2n) is 4.79. The molecule has 1 atom stereocenters. The van der Waals surface area contributed by atoms with Crippen LogP contribution in [0, 0.1) is 13.8 Å². The van der Waals surface area contributed by atoms with Crippen LogP contribution in [0.1, 0.15) is 40.1 Å². The van der Waals surface area contributed by atoms with E-state index in [-0.39, 0.29) is 11.9 Å². The molecule has 0 aliphatic heterocycles. The number of aromatic amines is 1. The average molecular weight is 321 g/mol. The topological polar surface area (TPSA) is 44.9 Å². The van der Waals surface area contributed by atoms with E-state index in [1.807, 2.05) is 6.92 Å². The molecule has 2 rings (SSSR count). The minimum atomic E-state index is -0.0980. The smallest absolute Gasteiger partial charge is 0.268 e. The predicted octanol–water partition coefficient (Wildman–Crippen LogP) is 3.89. The van der Waals surface area contributed by atoms with Crippen LogP contribution in [0.25, 0.3) is 0 Å². The largest absolute Gasteiger partial charge is 0.356 e. The Morgan fingerprint density at radius 3 is 2.68 bits per heavy atom. The highest BCUT2D eigenvalue weighted by Crippen LogP contribution is 2.19. The van der Waals surface area contributed by atoms with Crippen LogP contribution >= 0.6 is 15.9 Å². The highest BCUT2D eigenvalue weighted by Gasteiger charge is 2.14. The van der Waals surface area contributed by atoms with E-state index in [4.69, 9.17) is 0 Å². The van der Waals surface area contributed by atoms with Gasteiger partial charge in [0.2, 0.25) is 0 Å². The number of halogens is 1. The van der Waals surface area contributed by atoms with Crippen molar-refractivity contribution in [3.8, 4) is 0 Å². The van der Waals surface area contributed by atoms with Gasteiger partial charge in [-0.15, -0.1) is 0 Å². The van der Waals surface area contributed by atoms with Gasteiger partial charge >= 0.3 is 0 Å². The lowest BCUT2D eigenvalue weighted by Gasteiger charge is -2.17. The van der Waals surface area contributed by atoms with Gasteiger partial charge in [-0.1, -0.05) is 23.8 Å². The van der Waals surface area contributed by atoms with Crippen molar-refractivity contribution in [3.63, 3.8) is 0 Å². The summed E-state index contributed by atoms with van der Waals surface area (Å²) in [5, 5.41) is 3.00. The third-order valence-corrected chi connectivity index (χ3v) is 3.60. The monoisotopic (exact) mass is 320 g/mol. The number of carbonyl (C=O) groups excluding carboxylic acids is 1. The first-order chi connectivity index (χ1) is 8.97. The van der Waals surface area contributed by atoms with Gasteiger partial charge < -0.3 is 10.3 Å². The molecule has 0 fully saturated rings. The molecule has 1 aromatic carbocycles. The third kappa shape index (κ3) is 3.26. The van der Waals surface area contributed by atoms with Gasteiger partial charge in [0.25, 0.3) is 5.91 Å². The Labute approximate surface area is 121 Å². The first kappa shape index (κ1) is 13.9. The number of nitrogens with one attached hydrogen (secondary N) is 2. The summed E-state index contributed by atoms with van der Waals surface area (Å²) >= 11 is 3.32. The second kappa shape index (κ2) is 5.61. The SMILES string of the molecule is Cc1ccc(C)c(C(C)NC(=O)c2cc(Br)c[nH]2)c1. The molecule has 0 saturated carbocycles. The summed E-state index contributed by atoms with van der Waals surface area (Å²) in [7, 11) is 0. The molecule has 1 aromatic heterocycles. The van der Waals surface area contributed by atoms with Crippen molar-refractivity contribution in [2.24, 2.45) is 0 Å². The number of rotatable bonds is 3. The molecule has 0 bridgehead atoms. The number of amides is 1. The fraction of sp³-hybridized carbons (Fsp3) is 0.267.